The van der Waals surface area contributed by atoms with Gasteiger partial charge in [-0.1, -0.05) is 0 Å². The first-order chi connectivity index (χ1) is 8.58. The molecule has 4 N–H and O–H groups in total. The maximum atomic E-state index is 11.9. The highest BCUT2D eigenvalue weighted by molar-refractivity contribution is 8.00. The summed E-state index contributed by atoms with van der Waals surface area (Å²) in [5.41, 5.74) is 6.57. The van der Waals surface area contributed by atoms with Crippen molar-refractivity contribution in [3.05, 3.63) is 23.8 Å². The van der Waals surface area contributed by atoms with Gasteiger partial charge in [0, 0.05) is 0 Å². The number of carboxylic acid groups (broad SMARTS) is 1. The van der Waals surface area contributed by atoms with Crippen molar-refractivity contribution in [2.24, 2.45) is 0 Å². The van der Waals surface area contributed by atoms with Crippen LogP contribution in [0.25, 0.3) is 0 Å². The molecule has 1 heterocycles. The van der Waals surface area contributed by atoms with Gasteiger partial charge in [0.1, 0.15) is 0 Å². The van der Waals surface area contributed by atoms with E-state index in [1.807, 2.05) is 0 Å². The van der Waals surface area contributed by atoms with Crippen LogP contribution in [0.15, 0.2) is 18.2 Å². The number of benzene rings is 1. The van der Waals surface area contributed by atoms with Crippen LogP contribution in [0, 0.1) is 0 Å². The summed E-state index contributed by atoms with van der Waals surface area (Å²) in [6.45, 7) is 0. The summed E-state index contributed by atoms with van der Waals surface area (Å²) in [7, 11) is 0. The molecule has 1 saturated heterocycles. The molecule has 1 aliphatic heterocycles. The summed E-state index contributed by atoms with van der Waals surface area (Å²) in [6.07, 6.45) is 1.93. The Morgan fingerprint density at radius 2 is 2.22 bits per heavy atom. The van der Waals surface area contributed by atoms with Gasteiger partial charge in [-0.3, -0.25) is 4.79 Å². The second-order valence-corrected chi connectivity index (χ2v) is 5.41. The Morgan fingerprint density at radius 3 is 2.78 bits per heavy atom. The van der Waals surface area contributed by atoms with E-state index >= 15 is 0 Å². The number of rotatable bonds is 3. The Hall–Kier alpha value is -1.69. The molecule has 1 amide bonds. The largest absolute Gasteiger partial charge is 0.478 e. The van der Waals surface area contributed by atoms with Crippen molar-refractivity contribution in [2.45, 2.75) is 18.1 Å². The first-order valence-corrected chi connectivity index (χ1v) is 6.68. The van der Waals surface area contributed by atoms with Gasteiger partial charge in [0.25, 0.3) is 0 Å². The topological polar surface area (TPSA) is 92.4 Å². The van der Waals surface area contributed by atoms with E-state index in [0.717, 1.165) is 18.6 Å². The summed E-state index contributed by atoms with van der Waals surface area (Å²) in [4.78, 5) is 22.6. The number of hydrogen-bond donors (Lipinski definition) is 3. The second-order valence-electron chi connectivity index (χ2n) is 4.10. The number of anilines is 2. The molecule has 1 aromatic rings. The number of nitrogens with two attached hydrogens (primary N) is 1. The van der Waals surface area contributed by atoms with Crippen molar-refractivity contribution >= 4 is 35.0 Å². The highest BCUT2D eigenvalue weighted by Crippen LogP contribution is 2.28. The number of carbonyl (C=O) groups is 2. The second kappa shape index (κ2) is 5.30. The van der Waals surface area contributed by atoms with E-state index in [1.54, 1.807) is 11.8 Å². The van der Waals surface area contributed by atoms with Crippen LogP contribution in [0.2, 0.25) is 0 Å². The molecule has 0 aliphatic carbocycles. The molecule has 96 valence electrons. The van der Waals surface area contributed by atoms with Gasteiger partial charge in [-0.25, -0.2) is 4.79 Å². The highest BCUT2D eigenvalue weighted by Gasteiger charge is 2.23. The molecule has 6 heteroatoms. The first kappa shape index (κ1) is 12.8. The van der Waals surface area contributed by atoms with Gasteiger partial charge in [0.05, 0.1) is 22.2 Å². The van der Waals surface area contributed by atoms with Crippen LogP contribution in [0.4, 0.5) is 11.4 Å². The van der Waals surface area contributed by atoms with Gasteiger partial charge in [0.2, 0.25) is 5.91 Å². The average Bonchev–Trinajstić information content (AvgIpc) is 2.85. The molecule has 1 aliphatic rings. The van der Waals surface area contributed by atoms with E-state index in [1.165, 1.54) is 18.2 Å². The van der Waals surface area contributed by atoms with Crippen molar-refractivity contribution in [3.63, 3.8) is 0 Å². The zero-order chi connectivity index (χ0) is 13.1. The fourth-order valence-corrected chi connectivity index (χ4v) is 2.97. The zero-order valence-corrected chi connectivity index (χ0v) is 10.5. The van der Waals surface area contributed by atoms with E-state index < -0.39 is 5.97 Å². The number of hydrogen-bond acceptors (Lipinski definition) is 4. The van der Waals surface area contributed by atoms with Crippen LogP contribution in [-0.4, -0.2) is 28.0 Å². The monoisotopic (exact) mass is 266 g/mol. The fraction of sp³-hybridized carbons (Fsp3) is 0.333. The third kappa shape index (κ3) is 2.76. The van der Waals surface area contributed by atoms with Gasteiger partial charge in [-0.2, -0.15) is 0 Å². The normalized spacial score (nSPS) is 18.6. The van der Waals surface area contributed by atoms with Crippen molar-refractivity contribution in [2.75, 3.05) is 16.8 Å². The molecular formula is C12H14N2O3S. The standard InChI is InChI=1S/C12H14N2O3S/c13-8-6-7(12(16)17)3-4-9(8)14-11(15)10-2-1-5-18-10/h3-4,6,10H,1-2,5,13H2,(H,14,15)(H,16,17). The Morgan fingerprint density at radius 1 is 1.44 bits per heavy atom. The predicted octanol–water partition coefficient (Wildman–Crippen LogP) is 1.80. The molecule has 1 fully saturated rings. The van der Waals surface area contributed by atoms with Gasteiger partial charge in [0.15, 0.2) is 0 Å². The molecule has 0 saturated carbocycles. The Balaban J connectivity index is 2.09. The Kier molecular flexibility index (Phi) is 3.76. The smallest absolute Gasteiger partial charge is 0.335 e. The molecule has 18 heavy (non-hydrogen) atoms. The minimum absolute atomic E-state index is 0.0245. The molecule has 1 aromatic carbocycles. The van der Waals surface area contributed by atoms with Crippen molar-refractivity contribution in [1.82, 2.24) is 0 Å². The highest BCUT2D eigenvalue weighted by atomic mass is 32.2. The van der Waals surface area contributed by atoms with Crippen LogP contribution >= 0.6 is 11.8 Å². The third-order valence-electron chi connectivity index (χ3n) is 2.78. The van der Waals surface area contributed by atoms with Crippen LogP contribution in [-0.2, 0) is 4.79 Å². The molecule has 0 aromatic heterocycles. The summed E-state index contributed by atoms with van der Waals surface area (Å²) in [5.74, 6) is -0.0934. The third-order valence-corrected chi connectivity index (χ3v) is 4.16. The molecule has 1 unspecified atom stereocenters. The zero-order valence-electron chi connectivity index (χ0n) is 9.68. The number of thioether (sulfide) groups is 1. The molecular weight excluding hydrogens is 252 g/mol. The average molecular weight is 266 g/mol. The summed E-state index contributed by atoms with van der Waals surface area (Å²) in [5, 5.41) is 11.5. The van der Waals surface area contributed by atoms with Gasteiger partial charge < -0.3 is 16.2 Å². The van der Waals surface area contributed by atoms with Crippen molar-refractivity contribution < 1.29 is 14.7 Å². The lowest BCUT2D eigenvalue weighted by atomic mass is 10.1. The van der Waals surface area contributed by atoms with Crippen molar-refractivity contribution in [3.8, 4) is 0 Å². The van der Waals surface area contributed by atoms with Crippen LogP contribution in [0.5, 0.6) is 0 Å². The summed E-state index contributed by atoms with van der Waals surface area (Å²) < 4.78 is 0. The number of nitrogens with one attached hydrogen (secondary N) is 1. The predicted molar refractivity (Wildman–Crippen MR) is 71.9 cm³/mol. The van der Waals surface area contributed by atoms with Crippen molar-refractivity contribution in [1.29, 1.82) is 0 Å². The molecule has 0 bridgehead atoms. The van der Waals surface area contributed by atoms with Gasteiger partial charge >= 0.3 is 5.97 Å². The van der Waals surface area contributed by atoms with E-state index in [9.17, 15) is 9.59 Å². The number of carboxylic acids is 1. The van der Waals surface area contributed by atoms with E-state index in [4.69, 9.17) is 10.8 Å². The number of amides is 1. The molecule has 2 rings (SSSR count). The number of carbonyl (C=O) groups excluding carboxylic acids is 1. The quantitative estimate of drug-likeness (QED) is 0.725. The molecule has 1 atom stereocenters. The van der Waals surface area contributed by atoms with Crippen LogP contribution < -0.4 is 11.1 Å². The van der Waals surface area contributed by atoms with E-state index in [0.29, 0.717) is 5.69 Å². The Bertz CT molecular complexity index is 484. The van der Waals surface area contributed by atoms with E-state index in [-0.39, 0.29) is 22.4 Å². The van der Waals surface area contributed by atoms with Crippen LogP contribution in [0.3, 0.4) is 0 Å². The lowest BCUT2D eigenvalue weighted by molar-refractivity contribution is -0.115. The molecule has 5 nitrogen and oxygen atoms in total. The number of aromatic carboxylic acids is 1. The lowest BCUT2D eigenvalue weighted by Gasteiger charge is -2.12. The number of nitrogen functional groups attached to an aromatic ring is 1. The summed E-state index contributed by atoms with van der Waals surface area (Å²) >= 11 is 1.64. The minimum Gasteiger partial charge on any atom is -0.478 e. The maximum absolute atomic E-state index is 11.9. The molecule has 0 spiro atoms. The van der Waals surface area contributed by atoms with Gasteiger partial charge in [-0.15, -0.1) is 11.8 Å². The fourth-order valence-electron chi connectivity index (χ4n) is 1.81. The Labute approximate surface area is 109 Å². The summed E-state index contributed by atoms with van der Waals surface area (Å²) in [6, 6.07) is 4.30. The SMILES string of the molecule is Nc1cc(C(=O)O)ccc1NC(=O)C1CCCS1. The van der Waals surface area contributed by atoms with Crippen LogP contribution in [0.1, 0.15) is 23.2 Å². The van der Waals surface area contributed by atoms with Gasteiger partial charge in [-0.05, 0) is 36.8 Å². The maximum Gasteiger partial charge on any atom is 0.335 e. The lowest BCUT2D eigenvalue weighted by Crippen LogP contribution is -2.23. The first-order valence-electron chi connectivity index (χ1n) is 5.63. The van der Waals surface area contributed by atoms with E-state index in [2.05, 4.69) is 5.32 Å². The molecule has 0 radical (unpaired) electrons. The minimum atomic E-state index is -1.04.